The smallest absolute Gasteiger partial charge is 0.154 e. The first-order chi connectivity index (χ1) is 8.18. The van der Waals surface area contributed by atoms with E-state index in [4.69, 9.17) is 4.74 Å². The van der Waals surface area contributed by atoms with Gasteiger partial charge in [0.15, 0.2) is 9.84 Å². The van der Waals surface area contributed by atoms with Crippen LogP contribution < -0.4 is 5.32 Å². The highest BCUT2D eigenvalue weighted by Crippen LogP contribution is 2.14. The summed E-state index contributed by atoms with van der Waals surface area (Å²) < 4.78 is 29.5. The van der Waals surface area contributed by atoms with Gasteiger partial charge in [-0.15, -0.1) is 0 Å². The number of nitrogens with one attached hydrogen (secondary N) is 1. The van der Waals surface area contributed by atoms with E-state index in [0.717, 1.165) is 52.2 Å². The molecule has 2 fully saturated rings. The molecular formula is C11H22N2O3S. The number of piperidine rings is 1. The fourth-order valence-corrected chi connectivity index (χ4v) is 4.20. The van der Waals surface area contributed by atoms with Crippen molar-refractivity contribution < 1.29 is 13.2 Å². The summed E-state index contributed by atoms with van der Waals surface area (Å²) in [6.45, 7) is 5.52. The molecular weight excluding hydrogens is 240 g/mol. The lowest BCUT2D eigenvalue weighted by atomic mass is 10.2. The molecule has 0 bridgehead atoms. The van der Waals surface area contributed by atoms with Gasteiger partial charge < -0.3 is 10.1 Å². The molecule has 1 N–H and O–H groups in total. The molecule has 0 atom stereocenters. The lowest BCUT2D eigenvalue weighted by Crippen LogP contribution is -2.42. The van der Waals surface area contributed by atoms with Crippen LogP contribution in [-0.4, -0.2) is 70.3 Å². The molecule has 0 spiro atoms. The molecule has 0 aromatic carbocycles. The minimum atomic E-state index is -2.91. The summed E-state index contributed by atoms with van der Waals surface area (Å²) in [7, 11) is -2.91. The molecule has 2 rings (SSSR count). The van der Waals surface area contributed by atoms with Crippen molar-refractivity contribution in [1.82, 2.24) is 10.2 Å². The van der Waals surface area contributed by atoms with Gasteiger partial charge in [-0.05, 0) is 25.9 Å². The summed E-state index contributed by atoms with van der Waals surface area (Å²) in [5.74, 6) is 0.303. The maximum absolute atomic E-state index is 12.1. The molecule has 2 saturated heterocycles. The summed E-state index contributed by atoms with van der Waals surface area (Å²) in [6.07, 6.45) is 1.54. The van der Waals surface area contributed by atoms with Gasteiger partial charge in [0.2, 0.25) is 0 Å². The Morgan fingerprint density at radius 3 is 2.47 bits per heavy atom. The molecule has 2 aliphatic heterocycles. The fraction of sp³-hybridized carbons (Fsp3) is 1.00. The molecule has 0 aromatic heterocycles. The van der Waals surface area contributed by atoms with Crippen molar-refractivity contribution in [2.75, 3.05) is 51.7 Å². The third-order valence-electron chi connectivity index (χ3n) is 3.59. The summed E-state index contributed by atoms with van der Waals surface area (Å²) >= 11 is 0. The zero-order valence-corrected chi connectivity index (χ0v) is 11.0. The Bertz CT molecular complexity index is 320. The van der Waals surface area contributed by atoms with Crippen LogP contribution in [0, 0.1) is 0 Å². The summed E-state index contributed by atoms with van der Waals surface area (Å²) in [6, 6.07) is 0. The van der Waals surface area contributed by atoms with Gasteiger partial charge in [-0.25, -0.2) is 8.42 Å². The van der Waals surface area contributed by atoms with E-state index >= 15 is 0 Å². The highest BCUT2D eigenvalue weighted by molar-refractivity contribution is 7.92. The van der Waals surface area contributed by atoms with Crippen LogP contribution in [0.5, 0.6) is 0 Å². The van der Waals surface area contributed by atoms with Crippen LogP contribution in [0.15, 0.2) is 0 Å². The van der Waals surface area contributed by atoms with E-state index in [1.54, 1.807) is 0 Å². The van der Waals surface area contributed by atoms with E-state index in [1.807, 2.05) is 0 Å². The van der Waals surface area contributed by atoms with Crippen LogP contribution >= 0.6 is 0 Å². The summed E-state index contributed by atoms with van der Waals surface area (Å²) in [5.41, 5.74) is 0. The summed E-state index contributed by atoms with van der Waals surface area (Å²) in [5, 5.41) is 3.08. The van der Waals surface area contributed by atoms with Crippen LogP contribution in [0.4, 0.5) is 0 Å². The molecule has 6 heteroatoms. The predicted molar refractivity (Wildman–Crippen MR) is 66.9 cm³/mol. The number of hydrogen-bond acceptors (Lipinski definition) is 5. The second-order valence-electron chi connectivity index (χ2n) is 4.77. The van der Waals surface area contributed by atoms with Crippen molar-refractivity contribution in [1.29, 1.82) is 0 Å². The Balaban J connectivity index is 1.79. The van der Waals surface area contributed by atoms with Crippen molar-refractivity contribution in [3.63, 3.8) is 0 Å². The number of ether oxygens (including phenoxy) is 1. The molecule has 100 valence electrons. The van der Waals surface area contributed by atoms with Gasteiger partial charge in [0.25, 0.3) is 0 Å². The second-order valence-corrected chi connectivity index (χ2v) is 7.17. The minimum Gasteiger partial charge on any atom is -0.379 e. The van der Waals surface area contributed by atoms with E-state index in [2.05, 4.69) is 10.2 Å². The molecule has 0 saturated carbocycles. The van der Waals surface area contributed by atoms with E-state index < -0.39 is 9.84 Å². The van der Waals surface area contributed by atoms with Crippen molar-refractivity contribution in [2.45, 2.75) is 18.1 Å². The number of morpholine rings is 1. The highest BCUT2D eigenvalue weighted by Gasteiger charge is 2.27. The van der Waals surface area contributed by atoms with Crippen molar-refractivity contribution in [3.05, 3.63) is 0 Å². The first kappa shape index (κ1) is 13.3. The lowest BCUT2D eigenvalue weighted by Gasteiger charge is -2.28. The van der Waals surface area contributed by atoms with Crippen molar-refractivity contribution >= 4 is 9.84 Å². The maximum atomic E-state index is 12.1. The highest BCUT2D eigenvalue weighted by atomic mass is 32.2. The topological polar surface area (TPSA) is 58.6 Å². The average Bonchev–Trinajstić information content (AvgIpc) is 2.39. The Hall–Kier alpha value is -0.170. The quantitative estimate of drug-likeness (QED) is 0.739. The Morgan fingerprint density at radius 2 is 1.82 bits per heavy atom. The number of rotatable bonds is 4. The van der Waals surface area contributed by atoms with Gasteiger partial charge in [0.05, 0.1) is 24.2 Å². The maximum Gasteiger partial charge on any atom is 0.154 e. The Morgan fingerprint density at radius 1 is 1.18 bits per heavy atom. The van der Waals surface area contributed by atoms with Crippen molar-refractivity contribution in [2.24, 2.45) is 0 Å². The standard InChI is InChI=1S/C11H22N2O3S/c14-17(15,11-1-3-12-4-2-11)10-7-13-5-8-16-9-6-13/h11-12H,1-10H2. The lowest BCUT2D eigenvalue weighted by molar-refractivity contribution is 0.0408. The van der Waals surface area contributed by atoms with Gasteiger partial charge >= 0.3 is 0 Å². The molecule has 2 aliphatic rings. The molecule has 0 unspecified atom stereocenters. The van der Waals surface area contributed by atoms with Crippen molar-refractivity contribution in [3.8, 4) is 0 Å². The monoisotopic (exact) mass is 262 g/mol. The predicted octanol–water partition coefficient (Wildman–Crippen LogP) is -0.515. The van der Waals surface area contributed by atoms with Crippen LogP contribution in [-0.2, 0) is 14.6 Å². The van der Waals surface area contributed by atoms with Gasteiger partial charge in [0.1, 0.15) is 0 Å². The molecule has 17 heavy (non-hydrogen) atoms. The third kappa shape index (κ3) is 3.91. The molecule has 2 heterocycles. The van der Waals surface area contributed by atoms with Crippen LogP contribution in [0.25, 0.3) is 0 Å². The minimum absolute atomic E-state index is 0.121. The normalized spacial score (nSPS) is 24.9. The van der Waals surface area contributed by atoms with Crippen LogP contribution in [0.3, 0.4) is 0 Å². The van der Waals surface area contributed by atoms with Gasteiger partial charge in [0, 0.05) is 19.6 Å². The Labute approximate surface area is 103 Å². The first-order valence-corrected chi connectivity index (χ1v) is 8.12. The molecule has 5 nitrogen and oxygen atoms in total. The van der Waals surface area contributed by atoms with E-state index in [9.17, 15) is 8.42 Å². The molecule has 0 aromatic rings. The van der Waals surface area contributed by atoms with Crippen LogP contribution in [0.2, 0.25) is 0 Å². The number of hydrogen-bond donors (Lipinski definition) is 1. The zero-order valence-electron chi connectivity index (χ0n) is 10.2. The Kier molecular flexibility index (Phi) is 4.78. The first-order valence-electron chi connectivity index (χ1n) is 6.41. The molecule has 0 aliphatic carbocycles. The van der Waals surface area contributed by atoms with Gasteiger partial charge in [-0.2, -0.15) is 0 Å². The van der Waals surface area contributed by atoms with E-state index in [0.29, 0.717) is 12.3 Å². The van der Waals surface area contributed by atoms with E-state index in [1.165, 1.54) is 0 Å². The van der Waals surface area contributed by atoms with E-state index in [-0.39, 0.29) is 5.25 Å². The SMILES string of the molecule is O=S(=O)(CCN1CCOCC1)C1CCNCC1. The summed E-state index contributed by atoms with van der Waals surface area (Å²) in [4.78, 5) is 2.18. The number of nitrogens with zero attached hydrogens (tertiary/aromatic N) is 1. The zero-order chi connectivity index (χ0) is 12.1. The second kappa shape index (κ2) is 6.13. The van der Waals surface area contributed by atoms with Gasteiger partial charge in [-0.1, -0.05) is 0 Å². The van der Waals surface area contributed by atoms with Crippen LogP contribution in [0.1, 0.15) is 12.8 Å². The van der Waals surface area contributed by atoms with Gasteiger partial charge in [-0.3, -0.25) is 4.90 Å². The molecule has 0 radical (unpaired) electrons. The molecule has 0 amide bonds. The largest absolute Gasteiger partial charge is 0.379 e. The fourth-order valence-electron chi connectivity index (χ4n) is 2.40. The number of sulfone groups is 1. The average molecular weight is 262 g/mol. The third-order valence-corrected chi connectivity index (χ3v) is 5.83.